The Labute approximate surface area is 149 Å². The molecule has 0 aromatic heterocycles. The maximum atomic E-state index is 12.0. The zero-order valence-corrected chi connectivity index (χ0v) is 14.2. The third-order valence-electron chi connectivity index (χ3n) is 3.37. The summed E-state index contributed by atoms with van der Waals surface area (Å²) in [5.74, 6) is -1.000. The molecule has 2 aromatic carbocycles. The molecule has 0 heterocycles. The predicted molar refractivity (Wildman–Crippen MR) is 93.9 cm³/mol. The van der Waals surface area contributed by atoms with E-state index in [4.69, 9.17) is 14.6 Å². The monoisotopic (exact) mass is 358 g/mol. The summed E-state index contributed by atoms with van der Waals surface area (Å²) in [6.45, 7) is 1.39. The second kappa shape index (κ2) is 8.52. The number of carbonyl (C=O) groups is 2. The number of carbonyl (C=O) groups excluding carboxylic acids is 1. The summed E-state index contributed by atoms with van der Waals surface area (Å²) < 4.78 is 10.6. The predicted octanol–water partition coefficient (Wildman–Crippen LogP) is 2.02. The molecule has 8 nitrogen and oxygen atoms in total. The lowest BCUT2D eigenvalue weighted by atomic mass is 10.2. The molecular formula is C18H18N2O6. The van der Waals surface area contributed by atoms with E-state index in [9.17, 15) is 14.7 Å². The van der Waals surface area contributed by atoms with E-state index in [2.05, 4.69) is 10.5 Å². The van der Waals surface area contributed by atoms with E-state index in [0.717, 1.165) is 0 Å². The smallest absolute Gasteiger partial charge is 0.344 e. The molecule has 0 spiro atoms. The standard InChI is InChI=1S/C18H18N2O6/c1-11(18(23)24)26-16-13(4-3-5-15(16)25-2)10-19-20-17(22)12-6-8-14(21)9-7-12/h3-11,21H,1-2H3,(H,20,22)(H,23,24)/b19-10-/t11-/m1/s1. The summed E-state index contributed by atoms with van der Waals surface area (Å²) >= 11 is 0. The van der Waals surface area contributed by atoms with Crippen LogP contribution in [0.1, 0.15) is 22.8 Å². The van der Waals surface area contributed by atoms with Gasteiger partial charge in [-0.1, -0.05) is 6.07 Å². The van der Waals surface area contributed by atoms with Gasteiger partial charge in [0, 0.05) is 11.1 Å². The molecule has 2 aromatic rings. The van der Waals surface area contributed by atoms with E-state index in [1.54, 1.807) is 18.2 Å². The molecule has 3 N–H and O–H groups in total. The number of phenolic OH excluding ortho intramolecular Hbond substituents is 1. The van der Waals surface area contributed by atoms with Crippen molar-refractivity contribution in [3.63, 3.8) is 0 Å². The molecule has 2 rings (SSSR count). The van der Waals surface area contributed by atoms with Crippen molar-refractivity contribution in [2.45, 2.75) is 13.0 Å². The Bertz CT molecular complexity index is 817. The number of carboxylic acid groups (broad SMARTS) is 1. The molecule has 0 saturated carbocycles. The second-order valence-electron chi connectivity index (χ2n) is 5.22. The maximum Gasteiger partial charge on any atom is 0.344 e. The van der Waals surface area contributed by atoms with E-state index in [1.807, 2.05) is 0 Å². The zero-order valence-electron chi connectivity index (χ0n) is 14.2. The number of amides is 1. The van der Waals surface area contributed by atoms with Crippen LogP contribution in [-0.4, -0.2) is 41.5 Å². The SMILES string of the molecule is COc1cccc(/C=N\NC(=O)c2ccc(O)cc2)c1O[C@H](C)C(=O)O. The summed E-state index contributed by atoms with van der Waals surface area (Å²) in [4.78, 5) is 23.0. The Morgan fingerprint density at radius 1 is 1.19 bits per heavy atom. The number of rotatable bonds is 7. The molecule has 0 aliphatic heterocycles. The normalized spacial score (nSPS) is 11.8. The lowest BCUT2D eigenvalue weighted by Gasteiger charge is -2.15. The number of para-hydroxylation sites is 1. The van der Waals surface area contributed by atoms with Crippen molar-refractivity contribution in [1.29, 1.82) is 0 Å². The Morgan fingerprint density at radius 2 is 1.88 bits per heavy atom. The van der Waals surface area contributed by atoms with E-state index in [-0.39, 0.29) is 11.5 Å². The van der Waals surface area contributed by atoms with Gasteiger partial charge in [0.15, 0.2) is 17.6 Å². The summed E-state index contributed by atoms with van der Waals surface area (Å²) in [5, 5.41) is 22.1. The molecule has 136 valence electrons. The number of hydrogen-bond acceptors (Lipinski definition) is 6. The highest BCUT2D eigenvalue weighted by Gasteiger charge is 2.18. The molecule has 0 aliphatic rings. The Balaban J connectivity index is 2.17. The van der Waals surface area contributed by atoms with Crippen LogP contribution in [0.15, 0.2) is 47.6 Å². The Morgan fingerprint density at radius 3 is 2.50 bits per heavy atom. The first-order chi connectivity index (χ1) is 12.4. The lowest BCUT2D eigenvalue weighted by molar-refractivity contribution is -0.144. The first kappa shape index (κ1) is 18.8. The third-order valence-corrected chi connectivity index (χ3v) is 3.37. The second-order valence-corrected chi connectivity index (χ2v) is 5.22. The van der Waals surface area contributed by atoms with Crippen molar-refractivity contribution in [3.8, 4) is 17.2 Å². The molecule has 0 aliphatic carbocycles. The molecule has 0 radical (unpaired) electrons. The highest BCUT2D eigenvalue weighted by molar-refractivity contribution is 5.95. The fraction of sp³-hybridized carbons (Fsp3) is 0.167. The van der Waals surface area contributed by atoms with Crippen molar-refractivity contribution < 1.29 is 29.3 Å². The van der Waals surface area contributed by atoms with Gasteiger partial charge in [-0.15, -0.1) is 0 Å². The summed E-state index contributed by atoms with van der Waals surface area (Å²) in [6, 6.07) is 10.6. The van der Waals surface area contributed by atoms with Gasteiger partial charge in [0.2, 0.25) is 0 Å². The largest absolute Gasteiger partial charge is 0.508 e. The molecule has 8 heteroatoms. The van der Waals surface area contributed by atoms with Crippen LogP contribution in [0.3, 0.4) is 0 Å². The number of nitrogens with one attached hydrogen (secondary N) is 1. The summed E-state index contributed by atoms with van der Waals surface area (Å²) in [5.41, 5.74) is 3.10. The van der Waals surface area contributed by atoms with Crippen LogP contribution in [0.4, 0.5) is 0 Å². The zero-order chi connectivity index (χ0) is 19.1. The maximum absolute atomic E-state index is 12.0. The number of carboxylic acids is 1. The van der Waals surface area contributed by atoms with Gasteiger partial charge in [0.1, 0.15) is 5.75 Å². The first-order valence-corrected chi connectivity index (χ1v) is 7.61. The minimum absolute atomic E-state index is 0.0516. The fourth-order valence-electron chi connectivity index (χ4n) is 1.99. The van der Waals surface area contributed by atoms with E-state index >= 15 is 0 Å². The topological polar surface area (TPSA) is 117 Å². The molecule has 0 unspecified atom stereocenters. The van der Waals surface area contributed by atoms with Gasteiger partial charge in [-0.3, -0.25) is 4.79 Å². The average Bonchev–Trinajstić information content (AvgIpc) is 2.63. The summed E-state index contributed by atoms with van der Waals surface area (Å²) in [7, 11) is 1.43. The van der Waals surface area contributed by atoms with Gasteiger partial charge in [-0.2, -0.15) is 5.10 Å². The van der Waals surface area contributed by atoms with Gasteiger partial charge in [0.05, 0.1) is 13.3 Å². The number of aromatic hydroxyl groups is 1. The first-order valence-electron chi connectivity index (χ1n) is 7.61. The minimum atomic E-state index is -1.13. The van der Waals surface area contributed by atoms with Gasteiger partial charge >= 0.3 is 5.97 Å². The molecule has 0 bridgehead atoms. The lowest BCUT2D eigenvalue weighted by Crippen LogP contribution is -2.24. The Kier molecular flexibility index (Phi) is 6.15. The molecule has 1 amide bonds. The van der Waals surface area contributed by atoms with Crippen LogP contribution >= 0.6 is 0 Å². The molecule has 0 saturated heterocycles. The van der Waals surface area contributed by atoms with Gasteiger partial charge in [0.25, 0.3) is 5.91 Å². The van der Waals surface area contributed by atoms with Gasteiger partial charge in [-0.05, 0) is 43.3 Å². The third kappa shape index (κ3) is 4.73. The summed E-state index contributed by atoms with van der Waals surface area (Å²) in [6.07, 6.45) is 0.232. The number of benzene rings is 2. The van der Waals surface area contributed by atoms with E-state index in [1.165, 1.54) is 44.5 Å². The van der Waals surface area contributed by atoms with Crippen molar-refractivity contribution in [2.75, 3.05) is 7.11 Å². The Hall–Kier alpha value is -3.55. The van der Waals surface area contributed by atoms with E-state index in [0.29, 0.717) is 16.9 Å². The molecular weight excluding hydrogens is 340 g/mol. The van der Waals surface area contributed by atoms with Crippen LogP contribution < -0.4 is 14.9 Å². The van der Waals surface area contributed by atoms with Gasteiger partial charge in [-0.25, -0.2) is 10.2 Å². The number of nitrogens with zero attached hydrogens (tertiary/aromatic N) is 1. The number of ether oxygens (including phenoxy) is 2. The number of hydrazone groups is 1. The molecule has 26 heavy (non-hydrogen) atoms. The average molecular weight is 358 g/mol. The van der Waals surface area contributed by atoms with Crippen molar-refractivity contribution in [2.24, 2.45) is 5.10 Å². The van der Waals surface area contributed by atoms with Crippen LogP contribution in [0.25, 0.3) is 0 Å². The quantitative estimate of drug-likeness (QED) is 0.515. The van der Waals surface area contributed by atoms with Crippen molar-refractivity contribution >= 4 is 18.1 Å². The van der Waals surface area contributed by atoms with Crippen molar-refractivity contribution in [1.82, 2.24) is 5.43 Å². The number of methoxy groups -OCH3 is 1. The van der Waals surface area contributed by atoms with Crippen molar-refractivity contribution in [3.05, 3.63) is 53.6 Å². The minimum Gasteiger partial charge on any atom is -0.508 e. The van der Waals surface area contributed by atoms with Gasteiger partial charge < -0.3 is 19.7 Å². The molecule has 0 fully saturated rings. The number of aliphatic carboxylic acids is 1. The van der Waals surface area contributed by atoms with Crippen LogP contribution in [-0.2, 0) is 4.79 Å². The number of hydrogen-bond donors (Lipinski definition) is 3. The molecule has 1 atom stereocenters. The van der Waals surface area contributed by atoms with Crippen LogP contribution in [0.2, 0.25) is 0 Å². The fourth-order valence-corrected chi connectivity index (χ4v) is 1.99. The number of phenols is 1. The van der Waals surface area contributed by atoms with E-state index < -0.39 is 18.0 Å². The van der Waals surface area contributed by atoms with Crippen LogP contribution in [0, 0.1) is 0 Å². The highest BCUT2D eigenvalue weighted by Crippen LogP contribution is 2.31. The van der Waals surface area contributed by atoms with Crippen LogP contribution in [0.5, 0.6) is 17.2 Å². The highest BCUT2D eigenvalue weighted by atomic mass is 16.5.